The van der Waals surface area contributed by atoms with Gasteiger partial charge in [0.05, 0.1) is 0 Å². The van der Waals surface area contributed by atoms with E-state index in [4.69, 9.17) is 5.73 Å². The molecule has 132 valence electrons. The average Bonchev–Trinajstić information content (AvgIpc) is 3.43. The summed E-state index contributed by atoms with van der Waals surface area (Å²) in [6, 6.07) is 9.45. The lowest BCUT2D eigenvalue weighted by atomic mass is 10.2. The predicted octanol–water partition coefficient (Wildman–Crippen LogP) is 1.92. The van der Waals surface area contributed by atoms with E-state index in [0.29, 0.717) is 12.0 Å². The van der Waals surface area contributed by atoms with Crippen molar-refractivity contribution < 1.29 is 0 Å². The number of nitrogens with two attached hydrogens (primary N) is 1. The third kappa shape index (κ3) is 4.63. The Morgan fingerprint density at radius 3 is 2.67 bits per heavy atom. The topological polar surface area (TPSA) is 48.1 Å². The Morgan fingerprint density at radius 1 is 1.25 bits per heavy atom. The molecule has 1 aromatic rings. The lowest BCUT2D eigenvalue weighted by molar-refractivity contribution is 0.256. The summed E-state index contributed by atoms with van der Waals surface area (Å²) >= 11 is 0. The SMILES string of the molecule is Cc1cccc(N2CCN(CCCN=C(N)N(C)C3CC3)CC2)c1. The molecule has 0 radical (unpaired) electrons. The van der Waals surface area contributed by atoms with E-state index >= 15 is 0 Å². The molecule has 1 saturated carbocycles. The number of guanidine groups is 1. The van der Waals surface area contributed by atoms with E-state index in [1.54, 1.807) is 0 Å². The highest BCUT2D eigenvalue weighted by molar-refractivity contribution is 5.78. The van der Waals surface area contributed by atoms with Crippen LogP contribution in [0.3, 0.4) is 0 Å². The molecule has 0 unspecified atom stereocenters. The summed E-state index contributed by atoms with van der Waals surface area (Å²) < 4.78 is 0. The van der Waals surface area contributed by atoms with Crippen LogP contribution >= 0.6 is 0 Å². The quantitative estimate of drug-likeness (QED) is 0.492. The Kier molecular flexibility index (Phi) is 5.61. The molecule has 2 aliphatic rings. The monoisotopic (exact) mass is 329 g/mol. The van der Waals surface area contributed by atoms with Crippen LogP contribution in [-0.2, 0) is 0 Å². The molecule has 0 atom stereocenters. The first-order valence-corrected chi connectivity index (χ1v) is 9.20. The number of aryl methyl sites for hydroxylation is 1. The van der Waals surface area contributed by atoms with E-state index in [0.717, 1.165) is 45.7 Å². The van der Waals surface area contributed by atoms with Gasteiger partial charge in [0.15, 0.2) is 5.96 Å². The molecule has 1 saturated heterocycles. The fourth-order valence-corrected chi connectivity index (χ4v) is 3.30. The summed E-state index contributed by atoms with van der Waals surface area (Å²) in [4.78, 5) is 11.7. The number of rotatable bonds is 6. The third-order valence-electron chi connectivity index (χ3n) is 5.10. The molecule has 5 nitrogen and oxygen atoms in total. The molecule has 1 heterocycles. The fourth-order valence-electron chi connectivity index (χ4n) is 3.30. The molecule has 1 aliphatic carbocycles. The van der Waals surface area contributed by atoms with Crippen molar-refractivity contribution in [3.05, 3.63) is 29.8 Å². The number of hydrogen-bond donors (Lipinski definition) is 1. The molecule has 0 amide bonds. The van der Waals surface area contributed by atoms with E-state index in [1.165, 1.54) is 24.1 Å². The minimum atomic E-state index is 0.642. The van der Waals surface area contributed by atoms with Gasteiger partial charge in [0.1, 0.15) is 0 Å². The van der Waals surface area contributed by atoms with Crippen LogP contribution in [0.25, 0.3) is 0 Å². The lowest BCUT2D eigenvalue weighted by Crippen LogP contribution is -2.46. The number of benzene rings is 1. The largest absolute Gasteiger partial charge is 0.370 e. The summed E-state index contributed by atoms with van der Waals surface area (Å²) in [6.07, 6.45) is 3.61. The number of aliphatic imine (C=N–C) groups is 1. The van der Waals surface area contributed by atoms with Crippen molar-refractivity contribution in [2.24, 2.45) is 10.7 Å². The molecule has 0 aromatic heterocycles. The summed E-state index contributed by atoms with van der Waals surface area (Å²) in [5.74, 6) is 0.710. The first-order valence-electron chi connectivity index (χ1n) is 9.20. The molecule has 3 rings (SSSR count). The van der Waals surface area contributed by atoms with Crippen LogP contribution in [0.15, 0.2) is 29.3 Å². The second-order valence-corrected chi connectivity index (χ2v) is 7.10. The van der Waals surface area contributed by atoms with Crippen LogP contribution in [-0.4, -0.2) is 68.1 Å². The zero-order chi connectivity index (χ0) is 16.9. The minimum absolute atomic E-state index is 0.642. The van der Waals surface area contributed by atoms with E-state index < -0.39 is 0 Å². The van der Waals surface area contributed by atoms with E-state index in [-0.39, 0.29) is 0 Å². The first-order chi connectivity index (χ1) is 11.6. The average molecular weight is 329 g/mol. The van der Waals surface area contributed by atoms with Gasteiger partial charge in [-0.3, -0.25) is 9.89 Å². The highest BCUT2D eigenvalue weighted by Crippen LogP contribution is 2.24. The van der Waals surface area contributed by atoms with Crippen LogP contribution in [0.5, 0.6) is 0 Å². The Labute approximate surface area is 146 Å². The van der Waals surface area contributed by atoms with Crippen molar-refractivity contribution in [1.82, 2.24) is 9.80 Å². The molecule has 5 heteroatoms. The molecule has 1 aromatic carbocycles. The molecular formula is C19H31N5. The second kappa shape index (κ2) is 7.88. The molecule has 24 heavy (non-hydrogen) atoms. The number of piperazine rings is 1. The van der Waals surface area contributed by atoms with Crippen molar-refractivity contribution in [1.29, 1.82) is 0 Å². The van der Waals surface area contributed by atoms with Gasteiger partial charge in [-0.05, 0) is 43.9 Å². The fraction of sp³-hybridized carbons (Fsp3) is 0.632. The summed E-state index contributed by atoms with van der Waals surface area (Å²) in [5, 5.41) is 0. The highest BCUT2D eigenvalue weighted by atomic mass is 15.3. The number of anilines is 1. The standard InChI is InChI=1S/C19H31N5/c1-16-5-3-6-18(15-16)24-13-11-23(12-14-24)10-4-9-21-19(20)22(2)17-7-8-17/h3,5-6,15,17H,4,7-14H2,1-2H3,(H2,20,21). The van der Waals surface area contributed by atoms with Crippen LogP contribution in [0, 0.1) is 6.92 Å². The maximum absolute atomic E-state index is 6.03. The van der Waals surface area contributed by atoms with Crippen molar-refractivity contribution in [3.8, 4) is 0 Å². The van der Waals surface area contributed by atoms with E-state index in [2.05, 4.69) is 57.9 Å². The van der Waals surface area contributed by atoms with Crippen molar-refractivity contribution in [3.63, 3.8) is 0 Å². The minimum Gasteiger partial charge on any atom is -0.370 e. The Hall–Kier alpha value is -1.75. The number of nitrogens with zero attached hydrogens (tertiary/aromatic N) is 4. The normalized spacial score (nSPS) is 19.6. The Bertz CT molecular complexity index is 559. The van der Waals surface area contributed by atoms with Gasteiger partial charge in [-0.1, -0.05) is 12.1 Å². The van der Waals surface area contributed by atoms with Crippen LogP contribution < -0.4 is 10.6 Å². The van der Waals surface area contributed by atoms with E-state index in [9.17, 15) is 0 Å². The van der Waals surface area contributed by atoms with Gasteiger partial charge in [0.25, 0.3) is 0 Å². The van der Waals surface area contributed by atoms with Crippen molar-refractivity contribution in [2.75, 3.05) is 51.2 Å². The zero-order valence-electron chi connectivity index (χ0n) is 15.1. The predicted molar refractivity (Wildman–Crippen MR) is 102 cm³/mol. The molecular weight excluding hydrogens is 298 g/mol. The molecule has 2 fully saturated rings. The first kappa shape index (κ1) is 17.1. The maximum Gasteiger partial charge on any atom is 0.191 e. The van der Waals surface area contributed by atoms with E-state index in [1.807, 2.05) is 0 Å². The van der Waals surface area contributed by atoms with Gasteiger partial charge in [0, 0.05) is 58.0 Å². The van der Waals surface area contributed by atoms with Gasteiger partial charge in [-0.25, -0.2) is 0 Å². The Balaban J connectivity index is 1.36. The van der Waals surface area contributed by atoms with Crippen LogP contribution in [0.2, 0.25) is 0 Å². The zero-order valence-corrected chi connectivity index (χ0v) is 15.1. The second-order valence-electron chi connectivity index (χ2n) is 7.10. The van der Waals surface area contributed by atoms with Gasteiger partial charge >= 0.3 is 0 Å². The van der Waals surface area contributed by atoms with Gasteiger partial charge in [0.2, 0.25) is 0 Å². The third-order valence-corrected chi connectivity index (χ3v) is 5.10. The lowest BCUT2D eigenvalue weighted by Gasteiger charge is -2.36. The van der Waals surface area contributed by atoms with Crippen LogP contribution in [0.1, 0.15) is 24.8 Å². The highest BCUT2D eigenvalue weighted by Gasteiger charge is 2.27. The number of hydrogen-bond acceptors (Lipinski definition) is 3. The van der Waals surface area contributed by atoms with Gasteiger partial charge < -0.3 is 15.5 Å². The summed E-state index contributed by atoms with van der Waals surface area (Å²) in [5.41, 5.74) is 8.72. The maximum atomic E-state index is 6.03. The van der Waals surface area contributed by atoms with Crippen molar-refractivity contribution in [2.45, 2.75) is 32.2 Å². The Morgan fingerprint density at radius 2 is 2.00 bits per heavy atom. The van der Waals surface area contributed by atoms with Crippen LogP contribution in [0.4, 0.5) is 5.69 Å². The molecule has 0 bridgehead atoms. The molecule has 1 aliphatic heterocycles. The molecule has 2 N–H and O–H groups in total. The summed E-state index contributed by atoms with van der Waals surface area (Å²) in [7, 11) is 2.06. The smallest absolute Gasteiger partial charge is 0.191 e. The van der Waals surface area contributed by atoms with Gasteiger partial charge in [-0.2, -0.15) is 0 Å². The summed E-state index contributed by atoms with van der Waals surface area (Å²) in [6.45, 7) is 8.60. The van der Waals surface area contributed by atoms with Crippen molar-refractivity contribution >= 4 is 11.6 Å². The van der Waals surface area contributed by atoms with Gasteiger partial charge in [-0.15, -0.1) is 0 Å². The molecule has 0 spiro atoms.